The van der Waals surface area contributed by atoms with E-state index in [1.54, 1.807) is 6.20 Å². The average Bonchev–Trinajstić information content (AvgIpc) is 2.59. The highest BCUT2D eigenvalue weighted by molar-refractivity contribution is 5.95. The van der Waals surface area contributed by atoms with E-state index in [1.807, 2.05) is 11.8 Å². The van der Waals surface area contributed by atoms with Crippen LogP contribution in [0.15, 0.2) is 6.20 Å². The Bertz CT molecular complexity index is 409. The van der Waals surface area contributed by atoms with Gasteiger partial charge in [-0.05, 0) is 31.6 Å². The molecule has 1 aliphatic heterocycles. The van der Waals surface area contributed by atoms with Crippen LogP contribution in [-0.4, -0.2) is 34.1 Å². The minimum absolute atomic E-state index is 0.119. The van der Waals surface area contributed by atoms with Gasteiger partial charge in [-0.2, -0.15) is 5.10 Å². The second kappa shape index (κ2) is 4.51. The maximum atomic E-state index is 12.3. The number of rotatable bonds is 1. The fraction of sp³-hybridized carbons (Fsp3) is 0.692. The Morgan fingerprint density at radius 1 is 1.41 bits per heavy atom. The molecular weight excluding hydrogens is 214 g/mol. The number of H-pyrrole nitrogens is 1. The summed E-state index contributed by atoms with van der Waals surface area (Å²) in [6.07, 6.45) is 5.00. The monoisotopic (exact) mass is 235 g/mol. The highest BCUT2D eigenvalue weighted by Crippen LogP contribution is 2.30. The molecule has 0 unspecified atom stereocenters. The van der Waals surface area contributed by atoms with Gasteiger partial charge in [-0.3, -0.25) is 9.89 Å². The van der Waals surface area contributed by atoms with Crippen molar-refractivity contribution in [1.29, 1.82) is 0 Å². The van der Waals surface area contributed by atoms with Crippen molar-refractivity contribution in [3.8, 4) is 0 Å². The second-order valence-corrected chi connectivity index (χ2v) is 5.72. The van der Waals surface area contributed by atoms with Crippen LogP contribution in [0.4, 0.5) is 0 Å². The number of hydrogen-bond donors (Lipinski definition) is 1. The zero-order chi connectivity index (χ0) is 12.5. The Labute approximate surface area is 102 Å². The van der Waals surface area contributed by atoms with Crippen LogP contribution in [0.3, 0.4) is 0 Å². The van der Waals surface area contributed by atoms with Crippen molar-refractivity contribution >= 4 is 5.91 Å². The molecule has 1 aliphatic rings. The third-order valence-corrected chi connectivity index (χ3v) is 3.69. The Hall–Kier alpha value is -1.32. The summed E-state index contributed by atoms with van der Waals surface area (Å²) in [6, 6.07) is 0. The highest BCUT2D eigenvalue weighted by atomic mass is 16.2. The van der Waals surface area contributed by atoms with Gasteiger partial charge in [0.15, 0.2) is 0 Å². The Kier molecular flexibility index (Phi) is 3.22. The predicted molar refractivity (Wildman–Crippen MR) is 66.9 cm³/mol. The number of aromatic amines is 1. The van der Waals surface area contributed by atoms with Crippen molar-refractivity contribution < 1.29 is 4.79 Å². The van der Waals surface area contributed by atoms with Crippen LogP contribution in [0.2, 0.25) is 0 Å². The molecule has 0 atom stereocenters. The van der Waals surface area contributed by atoms with Gasteiger partial charge in [0, 0.05) is 18.8 Å². The Morgan fingerprint density at radius 2 is 2.18 bits per heavy atom. The predicted octanol–water partition coefficient (Wildman–Crippen LogP) is 2.37. The van der Waals surface area contributed by atoms with Crippen molar-refractivity contribution in [1.82, 2.24) is 15.1 Å². The van der Waals surface area contributed by atoms with Gasteiger partial charge >= 0.3 is 0 Å². The van der Waals surface area contributed by atoms with Gasteiger partial charge in [0.05, 0.1) is 11.8 Å². The van der Waals surface area contributed by atoms with E-state index in [2.05, 4.69) is 24.0 Å². The molecule has 1 N–H and O–H groups in total. The minimum atomic E-state index is 0.119. The zero-order valence-electron chi connectivity index (χ0n) is 10.9. The van der Waals surface area contributed by atoms with Crippen LogP contribution < -0.4 is 0 Å². The van der Waals surface area contributed by atoms with E-state index in [9.17, 15) is 4.79 Å². The molecule has 1 amide bonds. The molecule has 1 aromatic rings. The lowest BCUT2D eigenvalue weighted by molar-refractivity contribution is 0.0757. The van der Waals surface area contributed by atoms with Gasteiger partial charge < -0.3 is 4.90 Å². The fourth-order valence-corrected chi connectivity index (χ4v) is 2.36. The maximum Gasteiger partial charge on any atom is 0.257 e. The maximum absolute atomic E-state index is 12.3. The average molecular weight is 235 g/mol. The van der Waals surface area contributed by atoms with Crippen LogP contribution in [-0.2, 0) is 0 Å². The van der Waals surface area contributed by atoms with Crippen LogP contribution in [0.1, 0.15) is 49.2 Å². The molecule has 94 valence electrons. The first-order valence-electron chi connectivity index (χ1n) is 6.29. The van der Waals surface area contributed by atoms with Crippen LogP contribution in [0.25, 0.3) is 0 Å². The van der Waals surface area contributed by atoms with E-state index in [-0.39, 0.29) is 5.91 Å². The fourth-order valence-electron chi connectivity index (χ4n) is 2.36. The first kappa shape index (κ1) is 12.1. The smallest absolute Gasteiger partial charge is 0.257 e. The minimum Gasteiger partial charge on any atom is -0.339 e. The number of likely N-dealkylation sites (tertiary alicyclic amines) is 1. The summed E-state index contributed by atoms with van der Waals surface area (Å²) < 4.78 is 0. The molecule has 2 rings (SSSR count). The molecule has 1 fully saturated rings. The lowest BCUT2D eigenvalue weighted by Gasteiger charge is -2.23. The molecule has 0 bridgehead atoms. The molecule has 0 radical (unpaired) electrons. The van der Waals surface area contributed by atoms with Gasteiger partial charge in [-0.25, -0.2) is 0 Å². The number of carbonyl (C=O) groups is 1. The lowest BCUT2D eigenvalue weighted by atomic mass is 9.85. The Balaban J connectivity index is 2.08. The zero-order valence-corrected chi connectivity index (χ0v) is 10.9. The summed E-state index contributed by atoms with van der Waals surface area (Å²) in [5.41, 5.74) is 1.93. The van der Waals surface area contributed by atoms with Crippen LogP contribution in [0, 0.1) is 12.3 Å². The van der Waals surface area contributed by atoms with Crippen LogP contribution >= 0.6 is 0 Å². The molecule has 1 aromatic heterocycles. The number of amides is 1. The Morgan fingerprint density at radius 3 is 2.82 bits per heavy atom. The molecule has 0 aromatic carbocycles. The van der Waals surface area contributed by atoms with Crippen molar-refractivity contribution in [3.05, 3.63) is 17.5 Å². The van der Waals surface area contributed by atoms with Crippen molar-refractivity contribution in [2.75, 3.05) is 13.1 Å². The molecule has 0 aliphatic carbocycles. The molecule has 1 saturated heterocycles. The first-order valence-corrected chi connectivity index (χ1v) is 6.29. The van der Waals surface area contributed by atoms with Gasteiger partial charge in [-0.15, -0.1) is 0 Å². The normalized spacial score (nSPS) is 20.1. The largest absolute Gasteiger partial charge is 0.339 e. The molecule has 0 spiro atoms. The van der Waals surface area contributed by atoms with Crippen molar-refractivity contribution in [2.24, 2.45) is 5.41 Å². The summed E-state index contributed by atoms with van der Waals surface area (Å²) in [5, 5.41) is 6.74. The second-order valence-electron chi connectivity index (χ2n) is 5.72. The van der Waals surface area contributed by atoms with E-state index in [4.69, 9.17) is 0 Å². The molecule has 0 saturated carbocycles. The lowest BCUT2D eigenvalue weighted by Crippen LogP contribution is -2.32. The third-order valence-electron chi connectivity index (χ3n) is 3.69. The topological polar surface area (TPSA) is 49.0 Å². The van der Waals surface area contributed by atoms with E-state index >= 15 is 0 Å². The van der Waals surface area contributed by atoms with E-state index in [0.29, 0.717) is 11.0 Å². The molecule has 17 heavy (non-hydrogen) atoms. The standard InChI is InChI=1S/C13H21N3O/c1-10-11(9-14-15-10)12(17)16-7-4-5-13(2,3)6-8-16/h9H,4-8H2,1-3H3,(H,14,15). The van der Waals surface area contributed by atoms with Gasteiger partial charge in [0.2, 0.25) is 0 Å². The molecular formula is C13H21N3O. The first-order chi connectivity index (χ1) is 7.99. The number of aryl methyl sites for hydroxylation is 1. The molecule has 4 nitrogen and oxygen atoms in total. The number of aromatic nitrogens is 2. The van der Waals surface area contributed by atoms with Crippen molar-refractivity contribution in [2.45, 2.75) is 40.0 Å². The molecule has 4 heteroatoms. The summed E-state index contributed by atoms with van der Waals surface area (Å²) in [5.74, 6) is 0.119. The van der Waals surface area contributed by atoms with E-state index < -0.39 is 0 Å². The van der Waals surface area contributed by atoms with Gasteiger partial charge in [0.1, 0.15) is 0 Å². The van der Waals surface area contributed by atoms with Crippen LogP contribution in [0.5, 0.6) is 0 Å². The summed E-state index contributed by atoms with van der Waals surface area (Å²) >= 11 is 0. The number of nitrogens with one attached hydrogen (secondary N) is 1. The number of hydrogen-bond acceptors (Lipinski definition) is 2. The number of carbonyl (C=O) groups excluding carboxylic acids is 1. The molecule has 2 heterocycles. The van der Waals surface area contributed by atoms with Crippen molar-refractivity contribution in [3.63, 3.8) is 0 Å². The third kappa shape index (κ3) is 2.68. The van der Waals surface area contributed by atoms with Gasteiger partial charge in [-0.1, -0.05) is 13.8 Å². The van der Waals surface area contributed by atoms with E-state index in [1.165, 1.54) is 6.42 Å². The summed E-state index contributed by atoms with van der Waals surface area (Å²) in [7, 11) is 0. The number of nitrogens with zero attached hydrogens (tertiary/aromatic N) is 2. The van der Waals surface area contributed by atoms with E-state index in [0.717, 1.165) is 31.6 Å². The quantitative estimate of drug-likeness (QED) is 0.812. The van der Waals surface area contributed by atoms with Gasteiger partial charge in [0.25, 0.3) is 5.91 Å². The SMILES string of the molecule is Cc1[nH]ncc1C(=O)N1CCCC(C)(C)CC1. The summed E-state index contributed by atoms with van der Waals surface area (Å²) in [4.78, 5) is 14.3. The summed E-state index contributed by atoms with van der Waals surface area (Å²) in [6.45, 7) is 8.18. The highest BCUT2D eigenvalue weighted by Gasteiger charge is 2.26.